The molecule has 3 aromatic rings. The second kappa shape index (κ2) is 11.3. The van der Waals surface area contributed by atoms with E-state index in [-0.39, 0.29) is 4.91 Å². The quantitative estimate of drug-likeness (QED) is 0.299. The molecule has 0 aromatic heterocycles. The molecule has 0 saturated carbocycles. The topological polar surface area (TPSA) is 75.7 Å². The predicted octanol–water partition coefficient (Wildman–Crippen LogP) is 7.01. The molecule has 1 saturated heterocycles. The van der Waals surface area contributed by atoms with Gasteiger partial charge in [0, 0.05) is 5.02 Å². The van der Waals surface area contributed by atoms with Gasteiger partial charge in [0.2, 0.25) is 5.91 Å². The van der Waals surface area contributed by atoms with Crippen LogP contribution in [-0.2, 0) is 16.2 Å². The Balaban J connectivity index is 1.40. The third-order valence-electron chi connectivity index (χ3n) is 4.88. The number of imide groups is 1. The van der Waals surface area contributed by atoms with Gasteiger partial charge in [-0.15, -0.1) is 0 Å². The van der Waals surface area contributed by atoms with Crippen LogP contribution in [0.5, 0.6) is 5.75 Å². The van der Waals surface area contributed by atoms with Gasteiger partial charge in [-0.1, -0.05) is 53.5 Å². The molecule has 10 heteroatoms. The number of amides is 3. The lowest BCUT2D eigenvalue weighted by atomic mass is 10.2. The maximum Gasteiger partial charge on any atom is 0.294 e. The number of ether oxygens (including phenoxy) is 1. The zero-order valence-corrected chi connectivity index (χ0v) is 21.9. The molecule has 1 heterocycles. The SMILES string of the molecule is O=C(CN1C(=O)S/C(=C/c2ccc(OCc3ccc(Cl)cc3)c(Br)c2)C1=O)Nc1ccccc1Cl. The van der Waals surface area contributed by atoms with E-state index in [0.717, 1.165) is 22.2 Å². The summed E-state index contributed by atoms with van der Waals surface area (Å²) in [5.74, 6) is -0.429. The first-order valence-corrected chi connectivity index (χ1v) is 12.6. The lowest BCUT2D eigenvalue weighted by Crippen LogP contribution is -2.36. The molecule has 4 rings (SSSR count). The highest BCUT2D eigenvalue weighted by Crippen LogP contribution is 2.34. The van der Waals surface area contributed by atoms with Crippen LogP contribution < -0.4 is 10.1 Å². The van der Waals surface area contributed by atoms with Crippen molar-refractivity contribution < 1.29 is 19.1 Å². The van der Waals surface area contributed by atoms with Gasteiger partial charge in [-0.05, 0) is 81.3 Å². The lowest BCUT2D eigenvalue weighted by molar-refractivity contribution is -0.127. The third-order valence-corrected chi connectivity index (χ3v) is 6.99. The summed E-state index contributed by atoms with van der Waals surface area (Å²) in [5.41, 5.74) is 2.07. The summed E-state index contributed by atoms with van der Waals surface area (Å²) in [7, 11) is 0. The van der Waals surface area contributed by atoms with Crippen molar-refractivity contribution >= 4 is 79.7 Å². The molecule has 0 radical (unpaired) electrons. The van der Waals surface area contributed by atoms with E-state index in [4.69, 9.17) is 27.9 Å². The maximum absolute atomic E-state index is 12.8. The summed E-state index contributed by atoms with van der Waals surface area (Å²) in [5, 5.41) is 3.11. The predicted molar refractivity (Wildman–Crippen MR) is 143 cm³/mol. The van der Waals surface area contributed by atoms with Gasteiger partial charge in [0.1, 0.15) is 18.9 Å². The number of nitrogens with zero attached hydrogens (tertiary/aromatic N) is 1. The number of benzene rings is 3. The van der Waals surface area contributed by atoms with Crippen LogP contribution in [0.1, 0.15) is 11.1 Å². The molecule has 1 N–H and O–H groups in total. The number of hydrogen-bond acceptors (Lipinski definition) is 5. The second-order valence-corrected chi connectivity index (χ2v) is 10.1. The minimum atomic E-state index is -0.534. The van der Waals surface area contributed by atoms with Crippen LogP contribution in [0.3, 0.4) is 0 Å². The van der Waals surface area contributed by atoms with Crippen molar-refractivity contribution in [2.75, 3.05) is 11.9 Å². The fourth-order valence-corrected chi connectivity index (χ4v) is 4.81. The Morgan fingerprint density at radius 3 is 2.51 bits per heavy atom. The van der Waals surface area contributed by atoms with Crippen LogP contribution in [0.2, 0.25) is 10.0 Å². The van der Waals surface area contributed by atoms with Crippen molar-refractivity contribution in [2.24, 2.45) is 0 Å². The number of halogens is 3. The van der Waals surface area contributed by atoms with Gasteiger partial charge < -0.3 is 10.1 Å². The summed E-state index contributed by atoms with van der Waals surface area (Å²) in [6, 6.07) is 19.4. The second-order valence-electron chi connectivity index (χ2n) is 7.40. The molecule has 35 heavy (non-hydrogen) atoms. The van der Waals surface area contributed by atoms with E-state index < -0.39 is 23.6 Å². The molecule has 1 aliphatic rings. The van der Waals surface area contributed by atoms with E-state index in [1.807, 2.05) is 12.1 Å². The molecule has 1 fully saturated rings. The first kappa shape index (κ1) is 25.3. The Bertz CT molecular complexity index is 1330. The van der Waals surface area contributed by atoms with Gasteiger partial charge in [0.15, 0.2) is 0 Å². The van der Waals surface area contributed by atoms with Crippen molar-refractivity contribution in [3.05, 3.63) is 97.3 Å². The number of carbonyl (C=O) groups excluding carboxylic acids is 3. The highest BCUT2D eigenvalue weighted by Gasteiger charge is 2.36. The Labute approximate surface area is 224 Å². The number of hydrogen-bond donors (Lipinski definition) is 1. The fraction of sp³-hybridized carbons (Fsp3) is 0.0800. The van der Waals surface area contributed by atoms with Crippen LogP contribution in [-0.4, -0.2) is 28.5 Å². The highest BCUT2D eigenvalue weighted by atomic mass is 79.9. The average Bonchev–Trinajstić information content (AvgIpc) is 3.08. The van der Waals surface area contributed by atoms with Gasteiger partial charge >= 0.3 is 0 Å². The Hall–Kier alpha value is -2.78. The first-order chi connectivity index (χ1) is 16.8. The van der Waals surface area contributed by atoms with E-state index >= 15 is 0 Å². The average molecular weight is 592 g/mol. The van der Waals surface area contributed by atoms with E-state index in [2.05, 4.69) is 21.2 Å². The van der Waals surface area contributed by atoms with Gasteiger partial charge in [0.05, 0.1) is 20.1 Å². The molecule has 6 nitrogen and oxygen atoms in total. The highest BCUT2D eigenvalue weighted by molar-refractivity contribution is 9.10. The Morgan fingerprint density at radius 1 is 1.06 bits per heavy atom. The number of para-hydroxylation sites is 1. The van der Waals surface area contributed by atoms with Crippen molar-refractivity contribution in [3.8, 4) is 5.75 Å². The van der Waals surface area contributed by atoms with Gasteiger partial charge in [-0.2, -0.15) is 0 Å². The van der Waals surface area contributed by atoms with Crippen molar-refractivity contribution in [1.82, 2.24) is 4.90 Å². The van der Waals surface area contributed by atoms with Gasteiger partial charge in [-0.25, -0.2) is 0 Å². The first-order valence-electron chi connectivity index (χ1n) is 10.3. The number of carbonyl (C=O) groups is 3. The number of nitrogens with one attached hydrogen (secondary N) is 1. The molecule has 0 unspecified atom stereocenters. The van der Waals surface area contributed by atoms with E-state index in [0.29, 0.717) is 38.1 Å². The smallest absolute Gasteiger partial charge is 0.294 e. The van der Waals surface area contributed by atoms with Crippen LogP contribution in [0, 0.1) is 0 Å². The zero-order valence-electron chi connectivity index (χ0n) is 18.0. The zero-order chi connectivity index (χ0) is 24.9. The summed E-state index contributed by atoms with van der Waals surface area (Å²) < 4.78 is 6.54. The molecule has 0 aliphatic carbocycles. The third kappa shape index (κ3) is 6.46. The molecule has 178 valence electrons. The molecule has 1 aliphatic heterocycles. The molecule has 0 bridgehead atoms. The van der Waals surface area contributed by atoms with Crippen LogP contribution in [0.4, 0.5) is 10.5 Å². The van der Waals surface area contributed by atoms with Gasteiger partial charge in [0.25, 0.3) is 11.1 Å². The number of rotatable bonds is 7. The molecule has 3 amide bonds. The molecular weight excluding hydrogens is 575 g/mol. The van der Waals surface area contributed by atoms with E-state index in [1.54, 1.807) is 60.7 Å². The van der Waals surface area contributed by atoms with Crippen molar-refractivity contribution in [2.45, 2.75) is 6.61 Å². The molecular formula is C25H17BrCl2N2O4S. The standard InChI is InChI=1S/C25H17BrCl2N2O4S/c26-18-11-16(7-10-21(18)34-14-15-5-8-17(27)9-6-15)12-22-24(32)30(25(33)35-22)13-23(31)29-20-4-2-1-3-19(20)28/h1-12H,13-14H2,(H,29,31)/b22-12+. The van der Waals surface area contributed by atoms with E-state index in [1.165, 1.54) is 0 Å². The normalized spacial score (nSPS) is 14.5. The summed E-state index contributed by atoms with van der Waals surface area (Å²) >= 11 is 16.2. The number of thioether (sulfide) groups is 1. The molecule has 0 atom stereocenters. The van der Waals surface area contributed by atoms with Crippen LogP contribution in [0.25, 0.3) is 6.08 Å². The fourth-order valence-electron chi connectivity index (χ4n) is 3.15. The Kier molecular flexibility index (Phi) is 8.18. The minimum absolute atomic E-state index is 0.224. The maximum atomic E-state index is 12.8. The Morgan fingerprint density at radius 2 is 1.80 bits per heavy atom. The van der Waals surface area contributed by atoms with Gasteiger partial charge in [-0.3, -0.25) is 19.3 Å². The van der Waals surface area contributed by atoms with Crippen molar-refractivity contribution in [1.29, 1.82) is 0 Å². The van der Waals surface area contributed by atoms with E-state index in [9.17, 15) is 14.4 Å². The molecule has 3 aromatic carbocycles. The molecule has 0 spiro atoms. The monoisotopic (exact) mass is 590 g/mol. The van der Waals surface area contributed by atoms with Crippen LogP contribution >= 0.6 is 50.9 Å². The summed E-state index contributed by atoms with van der Waals surface area (Å²) in [6.07, 6.45) is 1.60. The summed E-state index contributed by atoms with van der Waals surface area (Å²) in [4.78, 5) is 38.7. The largest absolute Gasteiger partial charge is 0.488 e. The minimum Gasteiger partial charge on any atom is -0.488 e. The van der Waals surface area contributed by atoms with Crippen molar-refractivity contribution in [3.63, 3.8) is 0 Å². The van der Waals surface area contributed by atoms with Crippen LogP contribution in [0.15, 0.2) is 76.1 Å². The lowest BCUT2D eigenvalue weighted by Gasteiger charge is -2.13. The number of anilines is 1. The summed E-state index contributed by atoms with van der Waals surface area (Å²) in [6.45, 7) is -0.0430.